The predicted octanol–water partition coefficient (Wildman–Crippen LogP) is 3.67. The van der Waals surface area contributed by atoms with Crippen LogP contribution in [0.15, 0.2) is 30.3 Å². The molecule has 126 valence electrons. The number of halogens is 2. The van der Waals surface area contributed by atoms with Crippen LogP contribution in [0.3, 0.4) is 0 Å². The molecule has 1 N–H and O–H groups in total. The van der Waals surface area contributed by atoms with E-state index in [9.17, 15) is 14.0 Å². The summed E-state index contributed by atoms with van der Waals surface area (Å²) in [6.07, 6.45) is -1.13. The van der Waals surface area contributed by atoms with Crippen LogP contribution >= 0.6 is 11.6 Å². The highest BCUT2D eigenvalue weighted by atomic mass is 35.5. The minimum atomic E-state index is -1.13. The maximum atomic E-state index is 13.5. The highest BCUT2D eigenvalue weighted by molar-refractivity contribution is 6.32. The van der Waals surface area contributed by atoms with Gasteiger partial charge in [0.05, 0.1) is 11.3 Å². The first-order valence-electron chi connectivity index (χ1n) is 7.19. The van der Waals surface area contributed by atoms with Crippen molar-refractivity contribution in [3.8, 4) is 0 Å². The van der Waals surface area contributed by atoms with Crippen LogP contribution in [0.1, 0.15) is 28.5 Å². The summed E-state index contributed by atoms with van der Waals surface area (Å²) >= 11 is 5.98. The third kappa shape index (κ3) is 4.08. The fourth-order valence-electron chi connectivity index (χ4n) is 2.11. The summed E-state index contributed by atoms with van der Waals surface area (Å²) in [6, 6.07) is 7.40. The average molecular weight is 351 g/mol. The number of hydrogen-bond donors (Lipinski definition) is 1. The number of pyridine rings is 1. The number of amides is 1. The van der Waals surface area contributed by atoms with Crippen molar-refractivity contribution >= 4 is 29.2 Å². The van der Waals surface area contributed by atoms with Gasteiger partial charge in [-0.05, 0) is 44.5 Å². The summed E-state index contributed by atoms with van der Waals surface area (Å²) in [6.45, 7) is 4.83. The molecule has 1 aromatic carbocycles. The Bertz CT molecular complexity index is 772. The van der Waals surface area contributed by atoms with Gasteiger partial charge in [-0.2, -0.15) is 0 Å². The first-order chi connectivity index (χ1) is 11.3. The molecule has 1 aromatic heterocycles. The van der Waals surface area contributed by atoms with E-state index in [1.54, 1.807) is 26.0 Å². The van der Waals surface area contributed by atoms with Crippen LogP contribution in [-0.2, 0) is 9.53 Å². The van der Waals surface area contributed by atoms with Crippen LogP contribution in [0.2, 0.25) is 5.15 Å². The average Bonchev–Trinajstić information content (AvgIpc) is 2.48. The molecule has 1 amide bonds. The second-order valence-corrected chi connectivity index (χ2v) is 5.62. The summed E-state index contributed by atoms with van der Waals surface area (Å²) in [4.78, 5) is 28.3. The molecule has 0 bridgehead atoms. The van der Waals surface area contributed by atoms with E-state index in [1.165, 1.54) is 25.1 Å². The third-order valence-electron chi connectivity index (χ3n) is 3.29. The number of esters is 1. The lowest BCUT2D eigenvalue weighted by atomic mass is 10.1. The van der Waals surface area contributed by atoms with Crippen molar-refractivity contribution in [1.82, 2.24) is 4.98 Å². The quantitative estimate of drug-likeness (QED) is 0.674. The Morgan fingerprint density at radius 3 is 2.58 bits per heavy atom. The van der Waals surface area contributed by atoms with Gasteiger partial charge in [-0.25, -0.2) is 14.2 Å². The Kier molecular flexibility index (Phi) is 5.51. The van der Waals surface area contributed by atoms with Gasteiger partial charge >= 0.3 is 5.97 Å². The Balaban J connectivity index is 2.09. The van der Waals surface area contributed by atoms with Crippen molar-refractivity contribution in [3.05, 3.63) is 58.1 Å². The van der Waals surface area contributed by atoms with E-state index in [-0.39, 0.29) is 16.4 Å². The normalized spacial score (nSPS) is 11.7. The summed E-state index contributed by atoms with van der Waals surface area (Å²) < 4.78 is 18.7. The number of nitrogens with one attached hydrogen (secondary N) is 1. The first kappa shape index (κ1) is 17.9. The van der Waals surface area contributed by atoms with E-state index < -0.39 is 23.8 Å². The second kappa shape index (κ2) is 7.40. The number of benzene rings is 1. The number of rotatable bonds is 4. The van der Waals surface area contributed by atoms with Gasteiger partial charge in [0.15, 0.2) is 6.10 Å². The van der Waals surface area contributed by atoms with E-state index in [0.29, 0.717) is 11.3 Å². The number of anilines is 1. The van der Waals surface area contributed by atoms with E-state index >= 15 is 0 Å². The van der Waals surface area contributed by atoms with Crippen LogP contribution in [0.4, 0.5) is 10.1 Å². The molecule has 0 saturated carbocycles. The van der Waals surface area contributed by atoms with Gasteiger partial charge in [-0.15, -0.1) is 0 Å². The molecule has 0 aliphatic rings. The number of hydrogen-bond acceptors (Lipinski definition) is 4. The molecule has 24 heavy (non-hydrogen) atoms. The molecule has 0 unspecified atom stereocenters. The SMILES string of the molecule is Cc1cc(C)c(C(=O)O[C@@H](C)C(=O)Nc2ccccc2F)c(Cl)n1. The summed E-state index contributed by atoms with van der Waals surface area (Å²) in [5, 5.41) is 2.38. The van der Waals surface area contributed by atoms with Gasteiger partial charge in [0.25, 0.3) is 5.91 Å². The Hall–Kier alpha value is -2.47. The first-order valence-corrected chi connectivity index (χ1v) is 7.57. The fourth-order valence-corrected chi connectivity index (χ4v) is 2.47. The largest absolute Gasteiger partial charge is 0.449 e. The number of para-hydroxylation sites is 1. The molecule has 0 saturated heterocycles. The van der Waals surface area contributed by atoms with Crippen LogP contribution in [0.25, 0.3) is 0 Å². The molecule has 7 heteroatoms. The van der Waals surface area contributed by atoms with Crippen LogP contribution in [-0.4, -0.2) is 23.0 Å². The third-order valence-corrected chi connectivity index (χ3v) is 3.56. The number of aromatic nitrogens is 1. The van der Waals surface area contributed by atoms with Crippen molar-refractivity contribution in [2.24, 2.45) is 0 Å². The molecule has 2 aromatic rings. The van der Waals surface area contributed by atoms with Crippen LogP contribution in [0.5, 0.6) is 0 Å². The molecule has 0 spiro atoms. The smallest absolute Gasteiger partial charge is 0.342 e. The van der Waals surface area contributed by atoms with Gasteiger partial charge in [-0.1, -0.05) is 23.7 Å². The number of nitrogens with zero attached hydrogens (tertiary/aromatic N) is 1. The lowest BCUT2D eigenvalue weighted by molar-refractivity contribution is -0.123. The second-order valence-electron chi connectivity index (χ2n) is 5.26. The molecule has 1 atom stereocenters. The number of ether oxygens (including phenoxy) is 1. The van der Waals surface area contributed by atoms with Crippen LogP contribution < -0.4 is 5.32 Å². The van der Waals surface area contributed by atoms with Gasteiger partial charge in [-0.3, -0.25) is 4.79 Å². The molecule has 2 rings (SSSR count). The lowest BCUT2D eigenvalue weighted by Gasteiger charge is -2.15. The van der Waals surface area contributed by atoms with Crippen LogP contribution in [0, 0.1) is 19.7 Å². The Labute approximate surface area is 143 Å². The monoisotopic (exact) mass is 350 g/mol. The van der Waals surface area contributed by atoms with Gasteiger partial charge in [0.2, 0.25) is 0 Å². The minimum Gasteiger partial charge on any atom is -0.449 e. The maximum absolute atomic E-state index is 13.5. The number of carbonyl (C=O) groups is 2. The zero-order valence-electron chi connectivity index (χ0n) is 13.4. The lowest BCUT2D eigenvalue weighted by Crippen LogP contribution is -2.30. The minimum absolute atomic E-state index is 0.0108. The Morgan fingerprint density at radius 2 is 1.96 bits per heavy atom. The van der Waals surface area contributed by atoms with Crippen molar-refractivity contribution < 1.29 is 18.7 Å². The van der Waals surface area contributed by atoms with Crippen molar-refractivity contribution in [2.45, 2.75) is 26.9 Å². The topological polar surface area (TPSA) is 68.3 Å². The van der Waals surface area contributed by atoms with E-state index in [1.807, 2.05) is 0 Å². The molecule has 1 heterocycles. The summed E-state index contributed by atoms with van der Waals surface area (Å²) in [5.41, 5.74) is 1.38. The summed E-state index contributed by atoms with van der Waals surface area (Å²) in [7, 11) is 0. The van der Waals surface area contributed by atoms with Crippen molar-refractivity contribution in [2.75, 3.05) is 5.32 Å². The Morgan fingerprint density at radius 1 is 1.29 bits per heavy atom. The van der Waals surface area contributed by atoms with Gasteiger partial charge in [0, 0.05) is 5.69 Å². The standard InChI is InChI=1S/C17H16ClFN2O3/c1-9-8-10(2)20-15(18)14(9)17(23)24-11(3)16(22)21-13-7-5-4-6-12(13)19/h4-8,11H,1-3H3,(H,21,22)/t11-/m0/s1. The molecular weight excluding hydrogens is 335 g/mol. The van der Waals surface area contributed by atoms with Crippen molar-refractivity contribution in [3.63, 3.8) is 0 Å². The molecule has 0 fully saturated rings. The highest BCUT2D eigenvalue weighted by Crippen LogP contribution is 2.20. The van der Waals surface area contributed by atoms with E-state index in [4.69, 9.17) is 16.3 Å². The van der Waals surface area contributed by atoms with E-state index in [0.717, 1.165) is 0 Å². The van der Waals surface area contributed by atoms with Crippen molar-refractivity contribution in [1.29, 1.82) is 0 Å². The van der Waals surface area contributed by atoms with E-state index in [2.05, 4.69) is 10.3 Å². The van der Waals surface area contributed by atoms with Gasteiger partial charge < -0.3 is 10.1 Å². The number of carbonyl (C=O) groups excluding carboxylic acids is 2. The fraction of sp³-hybridized carbons (Fsp3) is 0.235. The number of aryl methyl sites for hydroxylation is 2. The molecule has 5 nitrogen and oxygen atoms in total. The zero-order valence-corrected chi connectivity index (χ0v) is 14.1. The molecular formula is C17H16ClFN2O3. The predicted molar refractivity (Wildman–Crippen MR) is 88.6 cm³/mol. The molecule has 0 aliphatic carbocycles. The molecule has 0 radical (unpaired) electrons. The molecule has 0 aliphatic heterocycles. The summed E-state index contributed by atoms with van der Waals surface area (Å²) in [5.74, 6) is -1.99. The zero-order chi connectivity index (χ0) is 17.9. The van der Waals surface area contributed by atoms with Gasteiger partial charge in [0.1, 0.15) is 11.0 Å². The highest BCUT2D eigenvalue weighted by Gasteiger charge is 2.23. The maximum Gasteiger partial charge on any atom is 0.342 e.